The highest BCUT2D eigenvalue weighted by Gasteiger charge is 2.40. The van der Waals surface area contributed by atoms with Crippen molar-refractivity contribution in [1.29, 1.82) is 0 Å². The lowest BCUT2D eigenvalue weighted by Gasteiger charge is -2.14. The summed E-state index contributed by atoms with van der Waals surface area (Å²) in [5.74, 6) is -0.880. The molecule has 1 aliphatic rings. The number of anilines is 1. The van der Waals surface area contributed by atoms with Crippen LogP contribution in [0.3, 0.4) is 0 Å². The van der Waals surface area contributed by atoms with Gasteiger partial charge in [0.2, 0.25) is 0 Å². The van der Waals surface area contributed by atoms with Crippen molar-refractivity contribution in [3.05, 3.63) is 62.8 Å². The van der Waals surface area contributed by atoms with Gasteiger partial charge in [-0.2, -0.15) is 0 Å². The molecule has 3 rings (SSSR count). The molecule has 1 aliphatic heterocycles. The number of carbonyl (C=O) groups excluding carboxylic acids is 2. The van der Waals surface area contributed by atoms with Crippen molar-refractivity contribution in [3.8, 4) is 0 Å². The van der Waals surface area contributed by atoms with Crippen molar-refractivity contribution in [2.75, 3.05) is 12.0 Å². The molecule has 23 heavy (non-hydrogen) atoms. The number of amides is 2. The topological polar surface area (TPSA) is 105 Å². The molecule has 0 saturated carbocycles. The van der Waals surface area contributed by atoms with Gasteiger partial charge in [-0.1, -0.05) is 17.7 Å². The molecule has 0 atom stereocenters. The second-order valence-corrected chi connectivity index (χ2v) is 5.13. The minimum Gasteiger partial charge on any atom is -0.352 e. The standard InChI is InChI=1S/C14H9ClN4O4/c15-8-4-5-11(16-6-8)17-7-18-13(20)9-2-1-3-10(19(22)23)12(9)14(18)21/h1-6H,7H2,(H,16,17). The quantitative estimate of drug-likeness (QED) is 0.523. The highest BCUT2D eigenvalue weighted by molar-refractivity contribution is 6.30. The number of hydrogen-bond donors (Lipinski definition) is 1. The largest absolute Gasteiger partial charge is 0.352 e. The molecule has 2 heterocycles. The molecule has 0 aliphatic carbocycles. The van der Waals surface area contributed by atoms with E-state index < -0.39 is 16.7 Å². The van der Waals surface area contributed by atoms with Gasteiger partial charge in [-0.25, -0.2) is 4.98 Å². The molecule has 2 amide bonds. The van der Waals surface area contributed by atoms with Crippen molar-refractivity contribution >= 4 is 34.9 Å². The summed E-state index contributed by atoms with van der Waals surface area (Å²) in [5, 5.41) is 14.3. The van der Waals surface area contributed by atoms with E-state index in [0.717, 1.165) is 4.90 Å². The predicted molar refractivity (Wildman–Crippen MR) is 81.3 cm³/mol. The van der Waals surface area contributed by atoms with E-state index in [2.05, 4.69) is 10.3 Å². The molecule has 9 heteroatoms. The summed E-state index contributed by atoms with van der Waals surface area (Å²) >= 11 is 5.72. The fourth-order valence-corrected chi connectivity index (χ4v) is 2.36. The van der Waals surface area contributed by atoms with Crippen LogP contribution < -0.4 is 5.32 Å². The lowest BCUT2D eigenvalue weighted by atomic mass is 10.1. The van der Waals surface area contributed by atoms with Crippen LogP contribution in [0.15, 0.2) is 36.5 Å². The zero-order valence-corrected chi connectivity index (χ0v) is 12.3. The van der Waals surface area contributed by atoms with Gasteiger partial charge in [0.25, 0.3) is 17.5 Å². The predicted octanol–water partition coefficient (Wildman–Crippen LogP) is 2.31. The zero-order valence-electron chi connectivity index (χ0n) is 11.5. The number of carbonyl (C=O) groups is 2. The first kappa shape index (κ1) is 14.9. The molecule has 0 saturated heterocycles. The van der Waals surface area contributed by atoms with Gasteiger partial charge < -0.3 is 5.32 Å². The molecular weight excluding hydrogens is 324 g/mol. The summed E-state index contributed by atoms with van der Waals surface area (Å²) in [6.07, 6.45) is 1.41. The van der Waals surface area contributed by atoms with E-state index in [4.69, 9.17) is 11.6 Å². The lowest BCUT2D eigenvalue weighted by Crippen LogP contribution is -2.34. The smallest absolute Gasteiger partial charge is 0.282 e. The number of aromatic nitrogens is 1. The first-order valence-corrected chi connectivity index (χ1v) is 6.86. The maximum atomic E-state index is 12.3. The van der Waals surface area contributed by atoms with Gasteiger partial charge in [-0.3, -0.25) is 24.6 Å². The zero-order chi connectivity index (χ0) is 16.6. The van der Waals surface area contributed by atoms with Gasteiger partial charge in [-0.05, 0) is 18.2 Å². The van der Waals surface area contributed by atoms with Gasteiger partial charge >= 0.3 is 0 Å². The lowest BCUT2D eigenvalue weighted by molar-refractivity contribution is -0.385. The summed E-state index contributed by atoms with van der Waals surface area (Å²) in [7, 11) is 0. The van der Waals surface area contributed by atoms with E-state index in [-0.39, 0.29) is 23.5 Å². The summed E-state index contributed by atoms with van der Waals surface area (Å²) in [6.45, 7) is -0.155. The van der Waals surface area contributed by atoms with Crippen LogP contribution in [-0.4, -0.2) is 33.3 Å². The molecular formula is C14H9ClN4O4. The molecule has 1 aromatic heterocycles. The molecule has 0 fully saturated rings. The fourth-order valence-electron chi connectivity index (χ4n) is 2.25. The Hall–Kier alpha value is -3.00. The van der Waals surface area contributed by atoms with Crippen molar-refractivity contribution in [2.24, 2.45) is 0 Å². The van der Waals surface area contributed by atoms with E-state index in [0.29, 0.717) is 10.8 Å². The number of hydrogen-bond acceptors (Lipinski definition) is 6. The van der Waals surface area contributed by atoms with Gasteiger partial charge in [0.05, 0.1) is 22.2 Å². The molecule has 0 unspecified atom stereocenters. The third kappa shape index (κ3) is 2.59. The maximum absolute atomic E-state index is 12.3. The van der Waals surface area contributed by atoms with Gasteiger partial charge in [0.1, 0.15) is 11.4 Å². The SMILES string of the molecule is O=C1c2cccc([N+](=O)[O-])c2C(=O)N1CNc1ccc(Cl)cn1. The number of rotatable bonds is 4. The Morgan fingerprint density at radius 1 is 1.22 bits per heavy atom. The molecule has 8 nitrogen and oxygen atoms in total. The van der Waals surface area contributed by atoms with E-state index >= 15 is 0 Å². The number of nitrogens with one attached hydrogen (secondary N) is 1. The Bertz CT molecular complexity index is 822. The van der Waals surface area contributed by atoms with E-state index in [1.807, 2.05) is 0 Å². The molecule has 1 aromatic carbocycles. The van der Waals surface area contributed by atoms with Gasteiger partial charge in [0.15, 0.2) is 0 Å². The summed E-state index contributed by atoms with van der Waals surface area (Å²) in [6, 6.07) is 7.15. The fraction of sp³-hybridized carbons (Fsp3) is 0.0714. The van der Waals surface area contributed by atoms with Crippen molar-refractivity contribution < 1.29 is 14.5 Å². The van der Waals surface area contributed by atoms with Crippen LogP contribution in [0.1, 0.15) is 20.7 Å². The van der Waals surface area contributed by atoms with Crippen molar-refractivity contribution in [2.45, 2.75) is 0 Å². The first-order valence-electron chi connectivity index (χ1n) is 6.48. The van der Waals surface area contributed by atoms with Crippen molar-refractivity contribution in [1.82, 2.24) is 9.88 Å². The Morgan fingerprint density at radius 2 is 2.00 bits per heavy atom. The van der Waals surface area contributed by atoms with E-state index in [1.165, 1.54) is 24.4 Å². The monoisotopic (exact) mass is 332 g/mol. The summed E-state index contributed by atoms with van der Waals surface area (Å²) < 4.78 is 0. The Labute approximate surface area is 134 Å². The van der Waals surface area contributed by atoms with Crippen LogP contribution in [0.25, 0.3) is 0 Å². The van der Waals surface area contributed by atoms with E-state index in [9.17, 15) is 19.7 Å². The number of halogens is 1. The highest BCUT2D eigenvalue weighted by Crippen LogP contribution is 2.30. The molecule has 0 radical (unpaired) electrons. The Morgan fingerprint density at radius 3 is 2.65 bits per heavy atom. The second-order valence-electron chi connectivity index (χ2n) is 4.69. The van der Waals surface area contributed by atoms with Crippen LogP contribution in [0.2, 0.25) is 5.02 Å². The number of nitro benzene ring substituents is 1. The van der Waals surface area contributed by atoms with Crippen molar-refractivity contribution in [3.63, 3.8) is 0 Å². The summed E-state index contributed by atoms with van der Waals surface area (Å²) in [4.78, 5) is 39.8. The highest BCUT2D eigenvalue weighted by atomic mass is 35.5. The molecule has 116 valence electrons. The number of nitro groups is 1. The molecule has 1 N–H and O–H groups in total. The minimum absolute atomic E-state index is 0.0232. The number of pyridine rings is 1. The Balaban J connectivity index is 1.84. The van der Waals surface area contributed by atoms with Crippen LogP contribution in [0.4, 0.5) is 11.5 Å². The third-order valence-corrected chi connectivity index (χ3v) is 3.54. The number of nitrogens with zero attached hydrogens (tertiary/aromatic N) is 3. The number of fused-ring (bicyclic) bond motifs is 1. The van der Waals surface area contributed by atoms with E-state index in [1.54, 1.807) is 12.1 Å². The number of imide groups is 1. The van der Waals surface area contributed by atoms with Crippen LogP contribution in [0.5, 0.6) is 0 Å². The minimum atomic E-state index is -0.709. The van der Waals surface area contributed by atoms with Gasteiger partial charge in [-0.15, -0.1) is 0 Å². The number of benzene rings is 1. The van der Waals surface area contributed by atoms with Gasteiger partial charge in [0, 0.05) is 12.3 Å². The third-order valence-electron chi connectivity index (χ3n) is 3.32. The maximum Gasteiger partial charge on any atom is 0.282 e. The average Bonchev–Trinajstić information content (AvgIpc) is 2.78. The van der Waals surface area contributed by atoms with Crippen LogP contribution in [0, 0.1) is 10.1 Å². The van der Waals surface area contributed by atoms with Crippen LogP contribution in [-0.2, 0) is 0 Å². The Kier molecular flexibility index (Phi) is 3.67. The molecule has 0 bridgehead atoms. The first-order chi connectivity index (χ1) is 11.0. The van der Waals surface area contributed by atoms with Crippen LogP contribution >= 0.6 is 11.6 Å². The molecule has 2 aromatic rings. The summed E-state index contributed by atoms with van der Waals surface area (Å²) in [5.41, 5.74) is -0.545. The molecule has 0 spiro atoms. The second kappa shape index (κ2) is 5.65. The normalized spacial score (nSPS) is 13.2. The average molecular weight is 333 g/mol.